The first kappa shape index (κ1) is 28.1. The molecule has 0 aliphatic carbocycles. The third-order valence-electron chi connectivity index (χ3n) is 6.83. The van der Waals surface area contributed by atoms with E-state index in [-0.39, 0.29) is 13.2 Å². The summed E-state index contributed by atoms with van der Waals surface area (Å²) < 4.78 is 11.0. The van der Waals surface area contributed by atoms with Gasteiger partial charge in [-0.2, -0.15) is 0 Å². The van der Waals surface area contributed by atoms with Crippen LogP contribution >= 0.6 is 0 Å². The third-order valence-corrected chi connectivity index (χ3v) is 6.83. The van der Waals surface area contributed by atoms with Crippen LogP contribution in [0.3, 0.4) is 0 Å². The predicted molar refractivity (Wildman–Crippen MR) is 165 cm³/mol. The predicted octanol–water partition coefficient (Wildman–Crippen LogP) is 6.98. The van der Waals surface area contributed by atoms with Crippen LogP contribution in [0.15, 0.2) is 134 Å². The molecule has 8 nitrogen and oxygen atoms in total. The van der Waals surface area contributed by atoms with Gasteiger partial charge in [-0.3, -0.25) is 19.9 Å². The third kappa shape index (κ3) is 6.88. The van der Waals surface area contributed by atoms with Crippen molar-refractivity contribution in [2.24, 2.45) is 0 Å². The monoisotopic (exact) mass is 578 g/mol. The molecule has 8 heteroatoms. The Hall–Kier alpha value is -6.02. The van der Waals surface area contributed by atoms with Crippen LogP contribution in [0.1, 0.15) is 31.8 Å². The van der Waals surface area contributed by atoms with E-state index >= 15 is 0 Å². The number of nitrogens with zero attached hydrogens (tertiary/aromatic N) is 4. The molecule has 0 radical (unpaired) electrons. The lowest BCUT2D eigenvalue weighted by molar-refractivity contribution is 0.0463. The first-order chi connectivity index (χ1) is 21.6. The van der Waals surface area contributed by atoms with Crippen LogP contribution in [0.5, 0.6) is 0 Å². The maximum atomic E-state index is 12.5. The summed E-state index contributed by atoms with van der Waals surface area (Å²) in [6.07, 6.45) is 6.39. The molecule has 0 amide bonds. The molecule has 4 aromatic heterocycles. The van der Waals surface area contributed by atoms with Gasteiger partial charge in [0.2, 0.25) is 0 Å². The standard InChI is InChI=1S/C36H26N4O4/c41-35(29-15-17-33(39-21-29)31-5-1-3-19-37-31)43-23-25-7-11-27(12-8-25)28-13-9-26(10-14-28)24-44-36(42)30-16-18-34(40-22-30)32-6-2-4-20-38-32/h1-22H,23-24H2. The zero-order valence-corrected chi connectivity index (χ0v) is 23.5. The van der Waals surface area contributed by atoms with Gasteiger partial charge in [-0.25, -0.2) is 9.59 Å². The highest BCUT2D eigenvalue weighted by Crippen LogP contribution is 2.22. The molecule has 0 unspecified atom stereocenters. The van der Waals surface area contributed by atoms with Crippen molar-refractivity contribution in [2.75, 3.05) is 0 Å². The summed E-state index contributed by atoms with van der Waals surface area (Å²) in [5, 5.41) is 0. The van der Waals surface area contributed by atoms with Crippen LogP contribution in [0.25, 0.3) is 33.9 Å². The number of rotatable bonds is 9. The number of esters is 2. The molecule has 0 atom stereocenters. The number of ether oxygens (including phenoxy) is 2. The van der Waals surface area contributed by atoms with Crippen molar-refractivity contribution in [3.63, 3.8) is 0 Å². The number of carbonyl (C=O) groups is 2. The van der Waals surface area contributed by atoms with E-state index in [0.717, 1.165) is 33.6 Å². The Bertz CT molecular complexity index is 1700. The fourth-order valence-electron chi connectivity index (χ4n) is 4.41. The van der Waals surface area contributed by atoms with Crippen LogP contribution < -0.4 is 0 Å². The molecule has 0 fully saturated rings. The Morgan fingerprint density at radius 3 is 1.20 bits per heavy atom. The summed E-state index contributed by atoms with van der Waals surface area (Å²) in [6.45, 7) is 0.291. The van der Waals surface area contributed by atoms with Gasteiger partial charge in [-0.1, -0.05) is 60.7 Å². The molecule has 0 aliphatic heterocycles. The number of pyridine rings is 4. The Balaban J connectivity index is 0.987. The molecular weight excluding hydrogens is 552 g/mol. The van der Waals surface area contributed by atoms with E-state index in [4.69, 9.17) is 9.47 Å². The first-order valence-corrected chi connectivity index (χ1v) is 13.9. The summed E-state index contributed by atoms with van der Waals surface area (Å²) >= 11 is 0. The molecule has 0 aliphatic rings. The largest absolute Gasteiger partial charge is 0.457 e. The van der Waals surface area contributed by atoms with E-state index in [0.29, 0.717) is 22.5 Å². The normalized spacial score (nSPS) is 10.6. The fourth-order valence-corrected chi connectivity index (χ4v) is 4.41. The maximum Gasteiger partial charge on any atom is 0.340 e. The average Bonchev–Trinajstić information content (AvgIpc) is 3.11. The van der Waals surface area contributed by atoms with Crippen LogP contribution in [-0.4, -0.2) is 31.9 Å². The molecule has 0 spiro atoms. The molecule has 0 saturated carbocycles. The van der Waals surface area contributed by atoms with Gasteiger partial charge < -0.3 is 9.47 Å². The first-order valence-electron chi connectivity index (χ1n) is 13.9. The van der Waals surface area contributed by atoms with Crippen LogP contribution in [0.4, 0.5) is 0 Å². The molecule has 0 saturated heterocycles. The molecule has 0 bridgehead atoms. The molecular formula is C36H26N4O4. The smallest absolute Gasteiger partial charge is 0.340 e. The van der Waals surface area contributed by atoms with Crippen LogP contribution in [0.2, 0.25) is 0 Å². The van der Waals surface area contributed by atoms with Gasteiger partial charge in [0.1, 0.15) is 13.2 Å². The second-order valence-corrected chi connectivity index (χ2v) is 9.84. The minimum Gasteiger partial charge on any atom is -0.457 e. The maximum absolute atomic E-state index is 12.5. The van der Waals surface area contributed by atoms with Gasteiger partial charge in [0.15, 0.2) is 0 Å². The van der Waals surface area contributed by atoms with E-state index in [1.165, 1.54) is 12.4 Å². The van der Waals surface area contributed by atoms with Crippen molar-refractivity contribution in [1.29, 1.82) is 0 Å². The zero-order chi connectivity index (χ0) is 30.1. The SMILES string of the molecule is O=C(OCc1ccc(-c2ccc(COC(=O)c3ccc(-c4ccccn4)nc3)cc2)cc1)c1ccc(-c2ccccn2)nc1. The summed E-state index contributed by atoms with van der Waals surface area (Å²) in [5.41, 5.74) is 7.36. The van der Waals surface area contributed by atoms with Gasteiger partial charge >= 0.3 is 11.9 Å². The highest BCUT2D eigenvalue weighted by atomic mass is 16.5. The van der Waals surface area contributed by atoms with Gasteiger partial charge in [0.05, 0.1) is 33.9 Å². The van der Waals surface area contributed by atoms with Gasteiger partial charge in [-0.15, -0.1) is 0 Å². The molecule has 0 N–H and O–H groups in total. The second-order valence-electron chi connectivity index (χ2n) is 9.84. The van der Waals surface area contributed by atoms with Crippen LogP contribution in [0, 0.1) is 0 Å². The van der Waals surface area contributed by atoms with E-state index in [1.807, 2.05) is 84.9 Å². The lowest BCUT2D eigenvalue weighted by Gasteiger charge is -2.08. The molecule has 44 heavy (non-hydrogen) atoms. The lowest BCUT2D eigenvalue weighted by Crippen LogP contribution is -2.06. The molecule has 4 heterocycles. The summed E-state index contributed by atoms with van der Waals surface area (Å²) in [4.78, 5) is 42.2. The Morgan fingerprint density at radius 1 is 0.455 bits per heavy atom. The second kappa shape index (κ2) is 13.3. The topological polar surface area (TPSA) is 104 Å². The van der Waals surface area contributed by atoms with Crippen molar-refractivity contribution in [2.45, 2.75) is 13.2 Å². The summed E-state index contributed by atoms with van der Waals surface area (Å²) in [6, 6.07) is 33.6. The van der Waals surface area contributed by atoms with Crippen LogP contribution in [-0.2, 0) is 22.7 Å². The van der Waals surface area contributed by atoms with Crippen molar-refractivity contribution in [3.05, 3.63) is 156 Å². The summed E-state index contributed by atoms with van der Waals surface area (Å²) in [7, 11) is 0. The lowest BCUT2D eigenvalue weighted by atomic mass is 10.0. The Morgan fingerprint density at radius 2 is 0.864 bits per heavy atom. The van der Waals surface area contributed by atoms with Crippen molar-refractivity contribution >= 4 is 11.9 Å². The number of benzene rings is 2. The van der Waals surface area contributed by atoms with E-state index < -0.39 is 11.9 Å². The minimum absolute atomic E-state index is 0.146. The van der Waals surface area contributed by atoms with E-state index in [2.05, 4.69) is 19.9 Å². The quantitative estimate of drug-likeness (QED) is 0.169. The fraction of sp³-hybridized carbons (Fsp3) is 0.0556. The minimum atomic E-state index is -0.441. The average molecular weight is 579 g/mol. The zero-order valence-electron chi connectivity index (χ0n) is 23.5. The molecule has 6 rings (SSSR count). The molecule has 2 aromatic carbocycles. The molecule has 6 aromatic rings. The van der Waals surface area contributed by atoms with Crippen molar-refractivity contribution < 1.29 is 19.1 Å². The number of aromatic nitrogens is 4. The van der Waals surface area contributed by atoms with Gasteiger partial charge in [0, 0.05) is 24.8 Å². The number of hydrogen-bond donors (Lipinski definition) is 0. The van der Waals surface area contributed by atoms with Gasteiger partial charge in [-0.05, 0) is 70.8 Å². The van der Waals surface area contributed by atoms with Gasteiger partial charge in [0.25, 0.3) is 0 Å². The highest BCUT2D eigenvalue weighted by molar-refractivity contribution is 5.90. The Labute approximate surface area is 254 Å². The molecule has 214 valence electrons. The Kier molecular flexibility index (Phi) is 8.50. The highest BCUT2D eigenvalue weighted by Gasteiger charge is 2.11. The summed E-state index contributed by atoms with van der Waals surface area (Å²) in [5.74, 6) is -0.883. The van der Waals surface area contributed by atoms with Crippen molar-refractivity contribution in [3.8, 4) is 33.9 Å². The number of carbonyl (C=O) groups excluding carboxylic acids is 2. The number of hydrogen-bond acceptors (Lipinski definition) is 8. The van der Waals surface area contributed by atoms with E-state index in [9.17, 15) is 9.59 Å². The van der Waals surface area contributed by atoms with Crippen molar-refractivity contribution in [1.82, 2.24) is 19.9 Å². The van der Waals surface area contributed by atoms with E-state index in [1.54, 1.807) is 36.7 Å².